The molecule has 4 nitrogen and oxygen atoms in total. The van der Waals surface area contributed by atoms with E-state index in [0.717, 1.165) is 5.69 Å². The highest BCUT2D eigenvalue weighted by atomic mass is 16.5. The average Bonchev–Trinajstić information content (AvgIpc) is 2.16. The maximum atomic E-state index is 11.9. The van der Waals surface area contributed by atoms with E-state index < -0.39 is 5.60 Å². The number of carbonyl (C=O) groups excluding carboxylic acids is 1. The lowest BCUT2D eigenvalue weighted by molar-refractivity contribution is -0.132. The fourth-order valence-corrected chi connectivity index (χ4v) is 1.67. The molecule has 0 aliphatic carbocycles. The van der Waals surface area contributed by atoms with E-state index in [2.05, 4.69) is 4.98 Å². The van der Waals surface area contributed by atoms with Crippen molar-refractivity contribution < 1.29 is 9.53 Å². The smallest absolute Gasteiger partial charge is 0.271 e. The van der Waals surface area contributed by atoms with Crippen LogP contribution in [0.15, 0.2) is 12.1 Å². The molecule has 4 heteroatoms. The van der Waals surface area contributed by atoms with Crippen molar-refractivity contribution in [1.82, 2.24) is 4.98 Å². The Bertz CT molecular complexity index is 427. The summed E-state index contributed by atoms with van der Waals surface area (Å²) in [6.07, 6.45) is 0. The van der Waals surface area contributed by atoms with E-state index in [9.17, 15) is 4.79 Å². The lowest BCUT2D eigenvalue weighted by Gasteiger charge is -2.35. The molecule has 0 aromatic carbocycles. The lowest BCUT2D eigenvalue weighted by atomic mass is 10.1. The predicted molar refractivity (Wildman–Crippen MR) is 57.1 cm³/mol. The predicted octanol–water partition coefficient (Wildman–Crippen LogP) is 1.52. The van der Waals surface area contributed by atoms with Gasteiger partial charge in [-0.25, -0.2) is 4.98 Å². The molecule has 1 amide bonds. The van der Waals surface area contributed by atoms with E-state index in [1.807, 2.05) is 19.1 Å². The molecule has 0 atom stereocenters. The van der Waals surface area contributed by atoms with Crippen molar-refractivity contribution in [2.45, 2.75) is 26.4 Å². The van der Waals surface area contributed by atoms with Gasteiger partial charge in [0, 0.05) is 12.7 Å². The first-order valence-electron chi connectivity index (χ1n) is 4.86. The number of amides is 1. The number of pyridine rings is 1. The second kappa shape index (κ2) is 2.95. The third-order valence-electron chi connectivity index (χ3n) is 2.48. The van der Waals surface area contributed by atoms with Gasteiger partial charge in [-0.15, -0.1) is 0 Å². The standard InChI is InChI=1S/C11H14N2O2/c1-7-5-6-8-9(12-7)13(4)10(14)11(2,3)15-8/h5-6H,1-4H3. The quantitative estimate of drug-likeness (QED) is 0.646. The summed E-state index contributed by atoms with van der Waals surface area (Å²) in [5.41, 5.74) is 0.0651. The zero-order valence-corrected chi connectivity index (χ0v) is 9.37. The van der Waals surface area contributed by atoms with E-state index in [1.54, 1.807) is 25.8 Å². The molecule has 15 heavy (non-hydrogen) atoms. The molecule has 1 aromatic heterocycles. The Morgan fingerprint density at radius 2 is 2.07 bits per heavy atom. The molecule has 0 saturated heterocycles. The summed E-state index contributed by atoms with van der Waals surface area (Å²) in [7, 11) is 1.72. The molecule has 0 unspecified atom stereocenters. The van der Waals surface area contributed by atoms with Crippen molar-refractivity contribution in [3.8, 4) is 5.75 Å². The number of carbonyl (C=O) groups is 1. The number of likely N-dealkylation sites (N-methyl/N-ethyl adjacent to an activating group) is 1. The van der Waals surface area contributed by atoms with Gasteiger partial charge in [-0.2, -0.15) is 0 Å². The summed E-state index contributed by atoms with van der Waals surface area (Å²) in [6.45, 7) is 5.40. The number of aryl methyl sites for hydroxylation is 1. The molecular formula is C11H14N2O2. The maximum Gasteiger partial charge on any atom is 0.271 e. The zero-order chi connectivity index (χ0) is 11.2. The van der Waals surface area contributed by atoms with Crippen molar-refractivity contribution in [3.05, 3.63) is 17.8 Å². The minimum atomic E-state index is -0.807. The fourth-order valence-electron chi connectivity index (χ4n) is 1.67. The van der Waals surface area contributed by atoms with Gasteiger partial charge in [-0.3, -0.25) is 9.69 Å². The first-order valence-corrected chi connectivity index (χ1v) is 4.86. The molecule has 1 aliphatic heterocycles. The van der Waals surface area contributed by atoms with Gasteiger partial charge < -0.3 is 4.74 Å². The number of fused-ring (bicyclic) bond motifs is 1. The van der Waals surface area contributed by atoms with Gasteiger partial charge >= 0.3 is 0 Å². The van der Waals surface area contributed by atoms with Crippen molar-refractivity contribution in [3.63, 3.8) is 0 Å². The molecule has 2 rings (SSSR count). The van der Waals surface area contributed by atoms with Crippen molar-refractivity contribution in [1.29, 1.82) is 0 Å². The van der Waals surface area contributed by atoms with Crippen LogP contribution in [0.4, 0.5) is 5.82 Å². The Morgan fingerprint density at radius 3 is 2.73 bits per heavy atom. The Balaban J connectivity index is 2.55. The number of rotatable bonds is 0. The highest BCUT2D eigenvalue weighted by Crippen LogP contribution is 2.35. The second-order valence-corrected chi connectivity index (χ2v) is 4.25. The molecule has 1 aliphatic rings. The Kier molecular flexibility index (Phi) is 1.96. The molecule has 1 aromatic rings. The summed E-state index contributed by atoms with van der Waals surface area (Å²) in [6, 6.07) is 3.72. The van der Waals surface area contributed by atoms with E-state index in [4.69, 9.17) is 4.74 Å². The van der Waals surface area contributed by atoms with Gasteiger partial charge in [0.05, 0.1) is 0 Å². The molecule has 0 fully saturated rings. The molecule has 80 valence electrons. The fraction of sp³-hybridized carbons (Fsp3) is 0.455. The van der Waals surface area contributed by atoms with Crippen molar-refractivity contribution in [2.24, 2.45) is 0 Å². The Labute approximate surface area is 88.9 Å². The van der Waals surface area contributed by atoms with Crippen LogP contribution in [0.2, 0.25) is 0 Å². The van der Waals surface area contributed by atoms with Gasteiger partial charge in [-0.1, -0.05) is 0 Å². The monoisotopic (exact) mass is 206 g/mol. The van der Waals surface area contributed by atoms with Crippen LogP contribution in [0.25, 0.3) is 0 Å². The van der Waals surface area contributed by atoms with Crippen LogP contribution in [-0.4, -0.2) is 23.5 Å². The number of nitrogens with zero attached hydrogens (tertiary/aromatic N) is 2. The third-order valence-corrected chi connectivity index (χ3v) is 2.48. The minimum Gasteiger partial charge on any atom is -0.474 e. The molecule has 0 radical (unpaired) electrons. The Hall–Kier alpha value is -1.58. The van der Waals surface area contributed by atoms with Crippen LogP contribution in [0, 0.1) is 6.92 Å². The number of ether oxygens (including phenoxy) is 1. The number of hydrogen-bond donors (Lipinski definition) is 0. The van der Waals surface area contributed by atoms with Crippen LogP contribution in [0.5, 0.6) is 5.75 Å². The van der Waals surface area contributed by atoms with Crippen LogP contribution >= 0.6 is 0 Å². The second-order valence-electron chi connectivity index (χ2n) is 4.25. The van der Waals surface area contributed by atoms with Crippen LogP contribution in [0.1, 0.15) is 19.5 Å². The largest absolute Gasteiger partial charge is 0.474 e. The van der Waals surface area contributed by atoms with Gasteiger partial charge in [0.15, 0.2) is 17.2 Å². The molecule has 0 N–H and O–H groups in total. The molecule has 2 heterocycles. The van der Waals surface area contributed by atoms with Crippen LogP contribution in [0.3, 0.4) is 0 Å². The molecule has 0 spiro atoms. The first kappa shape index (κ1) is 9.96. The summed E-state index contributed by atoms with van der Waals surface area (Å²) < 4.78 is 5.60. The molecule has 0 saturated carbocycles. The average molecular weight is 206 g/mol. The minimum absolute atomic E-state index is 0.0758. The van der Waals surface area contributed by atoms with Gasteiger partial charge in [0.1, 0.15) is 0 Å². The van der Waals surface area contributed by atoms with E-state index in [1.165, 1.54) is 0 Å². The van der Waals surface area contributed by atoms with Crippen molar-refractivity contribution in [2.75, 3.05) is 11.9 Å². The van der Waals surface area contributed by atoms with Gasteiger partial charge in [0.2, 0.25) is 0 Å². The summed E-state index contributed by atoms with van der Waals surface area (Å²) in [5, 5.41) is 0. The number of aromatic nitrogens is 1. The SMILES string of the molecule is Cc1ccc2c(n1)N(C)C(=O)C(C)(C)O2. The maximum absolute atomic E-state index is 11.9. The van der Waals surface area contributed by atoms with Crippen molar-refractivity contribution >= 4 is 11.7 Å². The topological polar surface area (TPSA) is 42.4 Å². The summed E-state index contributed by atoms with van der Waals surface area (Å²) >= 11 is 0. The summed E-state index contributed by atoms with van der Waals surface area (Å²) in [5.74, 6) is 1.18. The zero-order valence-electron chi connectivity index (χ0n) is 9.37. The van der Waals surface area contributed by atoms with Crippen LogP contribution in [-0.2, 0) is 4.79 Å². The molecular weight excluding hydrogens is 192 g/mol. The normalized spacial score (nSPS) is 18.4. The third kappa shape index (κ3) is 1.46. The Morgan fingerprint density at radius 1 is 1.40 bits per heavy atom. The highest BCUT2D eigenvalue weighted by Gasteiger charge is 2.39. The van der Waals surface area contributed by atoms with E-state index in [0.29, 0.717) is 11.6 Å². The number of anilines is 1. The number of hydrogen-bond acceptors (Lipinski definition) is 3. The van der Waals surface area contributed by atoms with Gasteiger partial charge in [-0.05, 0) is 32.9 Å². The van der Waals surface area contributed by atoms with Gasteiger partial charge in [0.25, 0.3) is 5.91 Å². The first-order chi connectivity index (χ1) is 6.92. The van der Waals surface area contributed by atoms with Crippen LogP contribution < -0.4 is 9.64 Å². The van der Waals surface area contributed by atoms with E-state index in [-0.39, 0.29) is 5.91 Å². The van der Waals surface area contributed by atoms with E-state index >= 15 is 0 Å². The summed E-state index contributed by atoms with van der Waals surface area (Å²) in [4.78, 5) is 17.7. The highest BCUT2D eigenvalue weighted by molar-refractivity contribution is 6.00. The molecule has 0 bridgehead atoms. The lowest BCUT2D eigenvalue weighted by Crippen LogP contribution is -2.51.